The van der Waals surface area contributed by atoms with Gasteiger partial charge in [-0.15, -0.1) is 11.3 Å². The van der Waals surface area contributed by atoms with E-state index in [-0.39, 0.29) is 28.7 Å². The number of nitrogens with one attached hydrogen (secondary N) is 2. The molecule has 0 bridgehead atoms. The van der Waals surface area contributed by atoms with Gasteiger partial charge in [-0.1, -0.05) is 29.8 Å². The average molecular weight is 724 g/mol. The first-order chi connectivity index (χ1) is 23.8. The Hall–Kier alpha value is -4.53. The van der Waals surface area contributed by atoms with Crippen LogP contribution < -0.4 is 15.5 Å². The molecule has 15 heteroatoms. The zero-order valence-corrected chi connectivity index (χ0v) is 30.0. The minimum absolute atomic E-state index is 0.0889. The quantitative estimate of drug-likeness (QED) is 0.285. The number of fused-ring (bicyclic) bond motifs is 1. The first-order valence-corrected chi connectivity index (χ1v) is 17.5. The number of ether oxygens (including phenoxy) is 2. The molecule has 1 unspecified atom stereocenters. The van der Waals surface area contributed by atoms with Crippen LogP contribution in [0.1, 0.15) is 55.9 Å². The average Bonchev–Trinajstić information content (AvgIpc) is 3.72. The van der Waals surface area contributed by atoms with Gasteiger partial charge in [-0.05, 0) is 57.5 Å². The van der Waals surface area contributed by atoms with Crippen molar-refractivity contribution >= 4 is 52.6 Å². The van der Waals surface area contributed by atoms with Gasteiger partial charge in [0, 0.05) is 66.3 Å². The van der Waals surface area contributed by atoms with Crippen LogP contribution in [-0.4, -0.2) is 90.2 Å². The summed E-state index contributed by atoms with van der Waals surface area (Å²) in [7, 11) is 1.30. The van der Waals surface area contributed by atoms with Crippen molar-refractivity contribution in [3.05, 3.63) is 92.3 Å². The lowest BCUT2D eigenvalue weighted by atomic mass is 9.95. The molecule has 2 saturated heterocycles. The Labute approximate surface area is 298 Å². The van der Waals surface area contributed by atoms with E-state index in [9.17, 15) is 18.8 Å². The number of hydrogen-bond donors (Lipinski definition) is 2. The van der Waals surface area contributed by atoms with Crippen LogP contribution in [0.25, 0.3) is 0 Å². The summed E-state index contributed by atoms with van der Waals surface area (Å²) in [4.78, 5) is 54.5. The van der Waals surface area contributed by atoms with Gasteiger partial charge in [0.1, 0.15) is 17.5 Å². The molecule has 2 fully saturated rings. The normalized spacial score (nSPS) is 20.2. The Balaban J connectivity index is 1.22. The SMILES string of the molecule is COC(=O)C1=C(CN2CCN3C(=O)N(c4cccc(C(C)NC(=O)OC(C)(C)C)c4)C[C@@H]3C2)NC(c2nccs2)=N[C@H]1c1ccc(F)cc1Cl. The summed E-state index contributed by atoms with van der Waals surface area (Å²) < 4.78 is 24.7. The Bertz CT molecular complexity index is 1850. The number of carbonyl (C=O) groups excluding carboxylic acids is 3. The third-order valence-corrected chi connectivity index (χ3v) is 9.76. The molecule has 264 valence electrons. The Morgan fingerprint density at radius 3 is 2.68 bits per heavy atom. The van der Waals surface area contributed by atoms with E-state index in [2.05, 4.69) is 20.5 Å². The fourth-order valence-corrected chi connectivity index (χ4v) is 7.21. The summed E-state index contributed by atoms with van der Waals surface area (Å²) in [5, 5.41) is 8.78. The van der Waals surface area contributed by atoms with Crippen LogP contribution in [0, 0.1) is 5.82 Å². The molecule has 3 aliphatic rings. The molecule has 2 N–H and O–H groups in total. The Morgan fingerprint density at radius 2 is 1.98 bits per heavy atom. The van der Waals surface area contributed by atoms with Crippen LogP contribution in [0.5, 0.6) is 0 Å². The Morgan fingerprint density at radius 1 is 1.18 bits per heavy atom. The fourth-order valence-electron chi connectivity index (χ4n) is 6.35. The number of methoxy groups -OCH3 is 1. The molecule has 6 rings (SSSR count). The number of aliphatic imine (C=N–C) groups is 1. The molecule has 0 radical (unpaired) electrons. The maximum Gasteiger partial charge on any atom is 0.408 e. The van der Waals surface area contributed by atoms with Crippen LogP contribution in [-0.2, 0) is 14.3 Å². The molecule has 3 atom stereocenters. The highest BCUT2D eigenvalue weighted by molar-refractivity contribution is 7.11. The van der Waals surface area contributed by atoms with E-state index < -0.39 is 29.5 Å². The molecule has 0 saturated carbocycles. The third kappa shape index (κ3) is 7.62. The number of urea groups is 1. The summed E-state index contributed by atoms with van der Waals surface area (Å²) in [5.74, 6) is -0.627. The number of esters is 1. The van der Waals surface area contributed by atoms with Crippen LogP contribution >= 0.6 is 22.9 Å². The van der Waals surface area contributed by atoms with Crippen molar-refractivity contribution in [2.24, 2.45) is 4.99 Å². The number of benzene rings is 2. The largest absolute Gasteiger partial charge is 0.466 e. The maximum absolute atomic E-state index is 14.0. The predicted octanol–water partition coefficient (Wildman–Crippen LogP) is 5.67. The summed E-state index contributed by atoms with van der Waals surface area (Å²) >= 11 is 7.89. The van der Waals surface area contributed by atoms with E-state index in [1.165, 1.54) is 36.6 Å². The highest BCUT2D eigenvalue weighted by Crippen LogP contribution is 2.37. The topological polar surface area (TPSA) is 129 Å². The second kappa shape index (κ2) is 14.4. The minimum atomic E-state index is -0.866. The lowest BCUT2D eigenvalue weighted by Gasteiger charge is -2.38. The first-order valence-electron chi connectivity index (χ1n) is 16.2. The van der Waals surface area contributed by atoms with E-state index in [0.717, 1.165) is 11.3 Å². The standard InChI is InChI=1S/C35H39ClFN7O5S/c1-20(39-33(46)49-35(2,3)4)21-7-6-8-23(15-21)44-18-24-17-42(12-13-43(24)34(44)47)19-27-28(32(45)48-5)29(25-10-9-22(37)16-26(25)36)41-30(40-27)31-38-11-14-50-31/h6-11,14-16,20,24,29H,12-13,17-19H2,1-5H3,(H,39,46)(H,40,41)/t20?,24-,29-/m0/s1. The number of thiazole rings is 1. The number of piperazine rings is 1. The lowest BCUT2D eigenvalue weighted by Crippen LogP contribution is -2.53. The van der Waals surface area contributed by atoms with E-state index in [0.29, 0.717) is 54.8 Å². The zero-order chi connectivity index (χ0) is 35.7. The van der Waals surface area contributed by atoms with Gasteiger partial charge in [0.25, 0.3) is 0 Å². The molecule has 0 aliphatic carbocycles. The highest BCUT2D eigenvalue weighted by atomic mass is 35.5. The zero-order valence-electron chi connectivity index (χ0n) is 28.4. The molecule has 2 aromatic carbocycles. The van der Waals surface area contributed by atoms with Crippen LogP contribution in [0.3, 0.4) is 0 Å². The molecule has 4 heterocycles. The summed E-state index contributed by atoms with van der Waals surface area (Å²) in [6.07, 6.45) is 1.15. The van der Waals surface area contributed by atoms with Gasteiger partial charge < -0.3 is 25.0 Å². The van der Waals surface area contributed by atoms with E-state index >= 15 is 0 Å². The molecule has 1 aromatic heterocycles. The number of rotatable bonds is 8. The van der Waals surface area contributed by atoms with E-state index in [1.54, 1.807) is 11.1 Å². The number of hydrogen-bond acceptors (Lipinski definition) is 10. The van der Waals surface area contributed by atoms with Gasteiger partial charge in [0.2, 0.25) is 0 Å². The molecule has 3 amide bonds. The van der Waals surface area contributed by atoms with Gasteiger partial charge in [-0.3, -0.25) is 14.8 Å². The second-order valence-electron chi connectivity index (χ2n) is 13.3. The van der Waals surface area contributed by atoms with Gasteiger partial charge in [0.15, 0.2) is 10.8 Å². The molecular formula is C35H39ClFN7O5S. The Kier molecular flexibility index (Phi) is 10.1. The highest BCUT2D eigenvalue weighted by Gasteiger charge is 2.42. The molecule has 50 heavy (non-hydrogen) atoms. The number of nitrogens with zero attached hydrogens (tertiary/aromatic N) is 5. The third-order valence-electron chi connectivity index (χ3n) is 8.66. The first kappa shape index (κ1) is 35.3. The van der Waals surface area contributed by atoms with E-state index in [1.807, 2.05) is 62.2 Å². The number of halogens is 2. The van der Waals surface area contributed by atoms with Crippen molar-refractivity contribution in [1.29, 1.82) is 0 Å². The number of amides is 3. The molecular weight excluding hydrogens is 685 g/mol. The number of anilines is 1. The van der Waals surface area contributed by atoms with Crippen LogP contribution in [0.2, 0.25) is 5.02 Å². The van der Waals surface area contributed by atoms with Crippen LogP contribution in [0.4, 0.5) is 19.7 Å². The molecule has 0 spiro atoms. The number of alkyl carbamates (subject to hydrolysis) is 1. The van der Waals surface area contributed by atoms with Crippen molar-refractivity contribution in [2.45, 2.75) is 51.4 Å². The minimum Gasteiger partial charge on any atom is -0.466 e. The van der Waals surface area contributed by atoms with Crippen molar-refractivity contribution in [3.63, 3.8) is 0 Å². The monoisotopic (exact) mass is 723 g/mol. The lowest BCUT2D eigenvalue weighted by molar-refractivity contribution is -0.136. The van der Waals surface area contributed by atoms with Gasteiger partial charge in [0.05, 0.1) is 24.8 Å². The molecule has 3 aromatic rings. The van der Waals surface area contributed by atoms with Crippen molar-refractivity contribution in [1.82, 2.24) is 25.4 Å². The van der Waals surface area contributed by atoms with Crippen molar-refractivity contribution < 1.29 is 28.2 Å². The van der Waals surface area contributed by atoms with Crippen molar-refractivity contribution in [3.8, 4) is 0 Å². The van der Waals surface area contributed by atoms with Crippen LogP contribution in [0.15, 0.2) is 70.3 Å². The number of aromatic nitrogens is 1. The van der Waals surface area contributed by atoms with Gasteiger partial charge in [-0.2, -0.15) is 0 Å². The molecule has 12 nitrogen and oxygen atoms in total. The summed E-state index contributed by atoms with van der Waals surface area (Å²) in [6, 6.07) is 10.2. The smallest absolute Gasteiger partial charge is 0.408 e. The van der Waals surface area contributed by atoms with Crippen molar-refractivity contribution in [2.75, 3.05) is 44.7 Å². The fraction of sp³-hybridized carbons (Fsp3) is 0.400. The predicted molar refractivity (Wildman–Crippen MR) is 189 cm³/mol. The van der Waals surface area contributed by atoms with Gasteiger partial charge >= 0.3 is 18.1 Å². The maximum atomic E-state index is 14.0. The van der Waals surface area contributed by atoms with E-state index in [4.69, 9.17) is 26.1 Å². The summed E-state index contributed by atoms with van der Waals surface area (Å²) in [6.45, 7) is 9.66. The van der Waals surface area contributed by atoms with Gasteiger partial charge in [-0.25, -0.2) is 23.8 Å². The second-order valence-corrected chi connectivity index (χ2v) is 14.6. The number of carbonyl (C=O) groups is 3. The molecule has 3 aliphatic heterocycles. The number of amidine groups is 1. The summed E-state index contributed by atoms with van der Waals surface area (Å²) in [5.41, 5.74) is 2.24.